The minimum absolute atomic E-state index is 0.103. The van der Waals surface area contributed by atoms with Crippen LogP contribution in [0.15, 0.2) is 18.2 Å². The van der Waals surface area contributed by atoms with Crippen LogP contribution in [0, 0.1) is 16.0 Å². The standard InChI is InChI=1S/C15H22N2O3/c1-16-14-8-7-13(9-15(14)17(18)19)11-20-10-12-5-3-2-4-6-12/h7-9,12,16H,2-6,10-11H2,1H3. The van der Waals surface area contributed by atoms with Gasteiger partial charge in [-0.05, 0) is 30.4 Å². The minimum atomic E-state index is -0.365. The highest BCUT2D eigenvalue weighted by Crippen LogP contribution is 2.26. The maximum atomic E-state index is 11.0. The fourth-order valence-electron chi connectivity index (χ4n) is 2.73. The molecular formula is C15H22N2O3. The van der Waals surface area contributed by atoms with Crippen molar-refractivity contribution in [3.05, 3.63) is 33.9 Å². The smallest absolute Gasteiger partial charge is 0.292 e. The van der Waals surface area contributed by atoms with Crippen LogP contribution in [0.4, 0.5) is 11.4 Å². The largest absolute Gasteiger partial charge is 0.383 e. The molecule has 1 aromatic rings. The van der Waals surface area contributed by atoms with Crippen molar-refractivity contribution in [2.24, 2.45) is 5.92 Å². The van der Waals surface area contributed by atoms with Gasteiger partial charge < -0.3 is 10.1 Å². The van der Waals surface area contributed by atoms with Crippen LogP contribution < -0.4 is 5.32 Å². The quantitative estimate of drug-likeness (QED) is 0.636. The van der Waals surface area contributed by atoms with E-state index < -0.39 is 0 Å². The molecule has 1 N–H and O–H groups in total. The van der Waals surface area contributed by atoms with E-state index in [4.69, 9.17) is 4.74 Å². The van der Waals surface area contributed by atoms with Crippen LogP contribution in [-0.2, 0) is 11.3 Å². The van der Waals surface area contributed by atoms with Crippen LogP contribution in [-0.4, -0.2) is 18.6 Å². The average Bonchev–Trinajstić information content (AvgIpc) is 2.48. The lowest BCUT2D eigenvalue weighted by Crippen LogP contribution is -2.13. The lowest BCUT2D eigenvalue weighted by Gasteiger charge is -2.21. The summed E-state index contributed by atoms with van der Waals surface area (Å²) in [5.41, 5.74) is 1.49. The molecule has 0 atom stereocenters. The van der Waals surface area contributed by atoms with E-state index in [9.17, 15) is 10.1 Å². The molecule has 1 saturated carbocycles. The van der Waals surface area contributed by atoms with Crippen molar-refractivity contribution in [1.29, 1.82) is 0 Å². The number of ether oxygens (including phenoxy) is 1. The van der Waals surface area contributed by atoms with E-state index in [2.05, 4.69) is 5.32 Å². The molecule has 0 saturated heterocycles. The number of hydrogen-bond acceptors (Lipinski definition) is 4. The van der Waals surface area contributed by atoms with Gasteiger partial charge in [0.1, 0.15) is 5.69 Å². The van der Waals surface area contributed by atoms with Crippen LogP contribution in [0.5, 0.6) is 0 Å². The Morgan fingerprint density at radius 1 is 1.35 bits per heavy atom. The first kappa shape index (κ1) is 14.8. The normalized spacial score (nSPS) is 16.1. The molecule has 5 heteroatoms. The maximum Gasteiger partial charge on any atom is 0.292 e. The summed E-state index contributed by atoms with van der Waals surface area (Å²) in [5, 5.41) is 13.8. The van der Waals surface area contributed by atoms with Gasteiger partial charge in [-0.3, -0.25) is 10.1 Å². The number of benzene rings is 1. The zero-order chi connectivity index (χ0) is 14.4. The van der Waals surface area contributed by atoms with Crippen molar-refractivity contribution < 1.29 is 9.66 Å². The van der Waals surface area contributed by atoms with Gasteiger partial charge in [-0.2, -0.15) is 0 Å². The second kappa shape index (κ2) is 7.24. The highest BCUT2D eigenvalue weighted by molar-refractivity contribution is 5.62. The topological polar surface area (TPSA) is 64.4 Å². The van der Waals surface area contributed by atoms with Gasteiger partial charge in [0.25, 0.3) is 5.69 Å². The Bertz CT molecular complexity index is 456. The Morgan fingerprint density at radius 3 is 2.75 bits per heavy atom. The van der Waals surface area contributed by atoms with Crippen LogP contribution >= 0.6 is 0 Å². The monoisotopic (exact) mass is 278 g/mol. The van der Waals surface area contributed by atoms with Crippen molar-refractivity contribution in [2.75, 3.05) is 19.0 Å². The van der Waals surface area contributed by atoms with Crippen LogP contribution in [0.25, 0.3) is 0 Å². The SMILES string of the molecule is CNc1ccc(COCC2CCCCC2)cc1[N+](=O)[O-]. The molecule has 0 radical (unpaired) electrons. The van der Waals surface area contributed by atoms with E-state index in [0.29, 0.717) is 18.2 Å². The summed E-state index contributed by atoms with van der Waals surface area (Å²) in [4.78, 5) is 10.6. The minimum Gasteiger partial charge on any atom is -0.383 e. The van der Waals surface area contributed by atoms with Crippen molar-refractivity contribution >= 4 is 11.4 Å². The van der Waals surface area contributed by atoms with Crippen LogP contribution in [0.2, 0.25) is 0 Å². The van der Waals surface area contributed by atoms with E-state index in [1.807, 2.05) is 6.07 Å². The first-order chi connectivity index (χ1) is 9.70. The molecular weight excluding hydrogens is 256 g/mol. The van der Waals surface area contributed by atoms with Gasteiger partial charge in [0.15, 0.2) is 0 Å². The number of nitro benzene ring substituents is 1. The average molecular weight is 278 g/mol. The Labute approximate surface area is 119 Å². The number of nitrogens with zero attached hydrogens (tertiary/aromatic N) is 1. The molecule has 0 unspecified atom stereocenters. The highest BCUT2D eigenvalue weighted by Gasteiger charge is 2.15. The highest BCUT2D eigenvalue weighted by atomic mass is 16.6. The number of rotatable bonds is 6. The fourth-order valence-corrected chi connectivity index (χ4v) is 2.73. The van der Waals surface area contributed by atoms with Gasteiger partial charge >= 0.3 is 0 Å². The molecule has 0 aliphatic heterocycles. The van der Waals surface area contributed by atoms with Gasteiger partial charge in [-0.1, -0.05) is 25.3 Å². The molecule has 110 valence electrons. The van der Waals surface area contributed by atoms with Gasteiger partial charge in [0.2, 0.25) is 0 Å². The second-order valence-electron chi connectivity index (χ2n) is 5.38. The predicted molar refractivity (Wildman–Crippen MR) is 78.9 cm³/mol. The third-order valence-electron chi connectivity index (χ3n) is 3.88. The molecule has 0 amide bonds. The zero-order valence-electron chi connectivity index (χ0n) is 11.9. The van der Waals surface area contributed by atoms with Gasteiger partial charge in [-0.25, -0.2) is 0 Å². The second-order valence-corrected chi connectivity index (χ2v) is 5.38. The molecule has 1 aliphatic rings. The lowest BCUT2D eigenvalue weighted by atomic mass is 9.90. The number of anilines is 1. The molecule has 2 rings (SSSR count). The van der Waals surface area contributed by atoms with E-state index in [-0.39, 0.29) is 10.6 Å². The maximum absolute atomic E-state index is 11.0. The Morgan fingerprint density at radius 2 is 2.10 bits per heavy atom. The molecule has 1 fully saturated rings. The van der Waals surface area contributed by atoms with E-state index in [0.717, 1.165) is 12.2 Å². The summed E-state index contributed by atoms with van der Waals surface area (Å²) >= 11 is 0. The summed E-state index contributed by atoms with van der Waals surface area (Å²) in [6, 6.07) is 5.20. The Kier molecular flexibility index (Phi) is 5.35. The third kappa shape index (κ3) is 3.93. The first-order valence-corrected chi connectivity index (χ1v) is 7.23. The van der Waals surface area contributed by atoms with Crippen molar-refractivity contribution in [2.45, 2.75) is 38.7 Å². The molecule has 5 nitrogen and oxygen atoms in total. The predicted octanol–water partition coefficient (Wildman–Crippen LogP) is 3.73. The van der Waals surface area contributed by atoms with Crippen LogP contribution in [0.3, 0.4) is 0 Å². The zero-order valence-corrected chi connectivity index (χ0v) is 11.9. The van der Waals surface area contributed by atoms with Gasteiger partial charge in [-0.15, -0.1) is 0 Å². The van der Waals surface area contributed by atoms with Crippen molar-refractivity contribution in [1.82, 2.24) is 0 Å². The molecule has 0 heterocycles. The number of nitrogens with one attached hydrogen (secondary N) is 1. The van der Waals surface area contributed by atoms with E-state index in [1.54, 1.807) is 19.2 Å². The molecule has 0 bridgehead atoms. The third-order valence-corrected chi connectivity index (χ3v) is 3.88. The molecule has 0 aromatic heterocycles. The molecule has 1 aromatic carbocycles. The molecule has 0 spiro atoms. The summed E-state index contributed by atoms with van der Waals surface area (Å²) in [5.74, 6) is 0.662. The fraction of sp³-hybridized carbons (Fsp3) is 0.600. The van der Waals surface area contributed by atoms with Crippen LogP contribution in [0.1, 0.15) is 37.7 Å². The Balaban J connectivity index is 1.89. The van der Waals surface area contributed by atoms with E-state index in [1.165, 1.54) is 32.1 Å². The lowest BCUT2D eigenvalue weighted by molar-refractivity contribution is -0.384. The van der Waals surface area contributed by atoms with Gasteiger partial charge in [0.05, 0.1) is 11.5 Å². The summed E-state index contributed by atoms with van der Waals surface area (Å²) in [7, 11) is 1.68. The number of hydrogen-bond donors (Lipinski definition) is 1. The number of nitro groups is 1. The summed E-state index contributed by atoms with van der Waals surface area (Å²) in [6.45, 7) is 1.21. The summed E-state index contributed by atoms with van der Waals surface area (Å²) in [6.07, 6.45) is 6.44. The van der Waals surface area contributed by atoms with Crippen molar-refractivity contribution in [3.8, 4) is 0 Å². The molecule has 1 aliphatic carbocycles. The van der Waals surface area contributed by atoms with Gasteiger partial charge in [0, 0.05) is 19.7 Å². The van der Waals surface area contributed by atoms with Crippen molar-refractivity contribution in [3.63, 3.8) is 0 Å². The molecule has 20 heavy (non-hydrogen) atoms. The Hall–Kier alpha value is -1.62. The summed E-state index contributed by atoms with van der Waals surface area (Å²) < 4.78 is 5.72. The van der Waals surface area contributed by atoms with E-state index >= 15 is 0 Å². The first-order valence-electron chi connectivity index (χ1n) is 7.23.